The number of hydrogen-bond donors (Lipinski definition) is 7. The van der Waals surface area contributed by atoms with Crippen molar-refractivity contribution in [2.45, 2.75) is 64.0 Å². The van der Waals surface area contributed by atoms with Crippen molar-refractivity contribution in [2.75, 3.05) is 59.7 Å². The van der Waals surface area contributed by atoms with Crippen molar-refractivity contribution in [3.8, 4) is 23.0 Å². The number of alkyl halides is 6. The number of aromatic amines is 2. The number of piperidine rings is 2. The number of hydrogen-bond acceptors (Lipinski definition) is 16. The largest absolute Gasteiger partial charge is 0.456 e. The van der Waals surface area contributed by atoms with Gasteiger partial charge in [0.1, 0.15) is 45.4 Å². The van der Waals surface area contributed by atoms with Gasteiger partial charge in [-0.2, -0.15) is 41.4 Å². The number of ether oxygens (including phenoxy) is 2. The number of nitrogens with two attached hydrogens (primary N) is 1. The number of halogens is 6. The van der Waals surface area contributed by atoms with Crippen LogP contribution in [-0.2, 0) is 12.4 Å². The Morgan fingerprint density at radius 3 is 1.53 bits per heavy atom. The highest BCUT2D eigenvalue weighted by Gasteiger charge is 2.32. The van der Waals surface area contributed by atoms with Crippen LogP contribution in [0.3, 0.4) is 0 Å². The number of pyridine rings is 4. The molecule has 2 aliphatic heterocycles. The highest BCUT2D eigenvalue weighted by molar-refractivity contribution is 6.04. The van der Waals surface area contributed by atoms with Gasteiger partial charge in [0.25, 0.3) is 11.8 Å². The predicted octanol–water partition coefficient (Wildman–Crippen LogP) is 9.82. The first-order valence-electron chi connectivity index (χ1n) is 25.4. The lowest BCUT2D eigenvalue weighted by Gasteiger charge is -2.33. The Morgan fingerprint density at radius 2 is 1.10 bits per heavy atom. The Labute approximate surface area is 457 Å². The van der Waals surface area contributed by atoms with E-state index in [1.165, 1.54) is 24.3 Å². The van der Waals surface area contributed by atoms with Crippen molar-refractivity contribution in [3.63, 3.8) is 0 Å². The molecule has 0 spiro atoms. The van der Waals surface area contributed by atoms with E-state index in [0.29, 0.717) is 77.5 Å². The van der Waals surface area contributed by atoms with Gasteiger partial charge in [0.2, 0.25) is 0 Å². The number of aromatic nitrogens is 8. The van der Waals surface area contributed by atoms with Gasteiger partial charge in [0.15, 0.2) is 22.9 Å². The highest BCUT2D eigenvalue weighted by atomic mass is 19.4. The maximum atomic E-state index is 13.0. The van der Waals surface area contributed by atoms with E-state index in [1.807, 2.05) is 6.92 Å². The second-order valence-electron chi connectivity index (χ2n) is 18.3. The molecule has 424 valence electrons. The molecule has 81 heavy (non-hydrogen) atoms. The summed E-state index contributed by atoms with van der Waals surface area (Å²) in [5.74, 6) is 1.65. The average molecular weight is 1130 g/mol. The van der Waals surface area contributed by atoms with Gasteiger partial charge in [-0.25, -0.2) is 24.7 Å². The van der Waals surface area contributed by atoms with E-state index in [9.17, 15) is 40.7 Å². The van der Waals surface area contributed by atoms with E-state index < -0.39 is 35.3 Å². The zero-order valence-corrected chi connectivity index (χ0v) is 43.4. The van der Waals surface area contributed by atoms with E-state index in [2.05, 4.69) is 76.6 Å². The fraction of sp³-hybridized carbons (Fsp3) is 0.302. The van der Waals surface area contributed by atoms with E-state index in [4.69, 9.17) is 20.1 Å². The van der Waals surface area contributed by atoms with Gasteiger partial charge < -0.3 is 46.3 Å². The molecule has 2 aliphatic rings. The van der Waals surface area contributed by atoms with Crippen LogP contribution in [0.25, 0.3) is 22.1 Å². The van der Waals surface area contributed by atoms with Crippen LogP contribution in [0.1, 0.15) is 71.4 Å². The van der Waals surface area contributed by atoms with Crippen molar-refractivity contribution < 1.29 is 50.2 Å². The molecule has 0 unspecified atom stereocenters. The van der Waals surface area contributed by atoms with Crippen LogP contribution < -0.4 is 46.3 Å². The van der Waals surface area contributed by atoms with Crippen LogP contribution in [0.5, 0.6) is 23.0 Å². The normalized spacial score (nSPS) is 15.3. The summed E-state index contributed by atoms with van der Waals surface area (Å²) in [6, 6.07) is 18.8. The molecule has 2 saturated heterocycles. The molecule has 0 radical (unpaired) electrons. The molecule has 0 bridgehead atoms. The zero-order chi connectivity index (χ0) is 57.7. The Hall–Kier alpha value is -9.47. The summed E-state index contributed by atoms with van der Waals surface area (Å²) in [5.41, 5.74) is 5.87. The molecule has 0 aliphatic carbocycles. The molecular weight excluding hydrogens is 1070 g/mol. The molecule has 10 rings (SSSR count). The Kier molecular flexibility index (Phi) is 18.5. The number of urea groups is 1. The second-order valence-corrected chi connectivity index (χ2v) is 18.3. The molecule has 2 fully saturated rings. The van der Waals surface area contributed by atoms with Crippen LogP contribution in [-0.4, -0.2) is 110 Å². The van der Waals surface area contributed by atoms with Gasteiger partial charge in [0, 0.05) is 92.9 Å². The van der Waals surface area contributed by atoms with Crippen molar-refractivity contribution in [1.29, 1.82) is 0 Å². The number of nitrogens with one attached hydrogen (secondary N) is 6. The summed E-state index contributed by atoms with van der Waals surface area (Å²) >= 11 is 0. The summed E-state index contributed by atoms with van der Waals surface area (Å²) in [4.78, 5) is 66.5. The number of rotatable bonds is 13. The van der Waals surface area contributed by atoms with Crippen molar-refractivity contribution in [1.82, 2.24) is 51.0 Å². The Balaban J connectivity index is 0.000000201. The number of amides is 4. The number of nitrogens with zero attached hydrogens (tertiary/aromatic N) is 9. The van der Waals surface area contributed by atoms with E-state index >= 15 is 0 Å². The van der Waals surface area contributed by atoms with E-state index in [-0.39, 0.29) is 40.9 Å². The lowest BCUT2D eigenvalue weighted by atomic mass is 10.1. The van der Waals surface area contributed by atoms with Crippen molar-refractivity contribution in [2.24, 2.45) is 10.9 Å². The molecule has 8 aromatic rings. The Morgan fingerprint density at radius 1 is 0.654 bits per heavy atom. The summed E-state index contributed by atoms with van der Waals surface area (Å²) < 4.78 is 89.8. The van der Waals surface area contributed by atoms with Crippen LogP contribution in [0.15, 0.2) is 115 Å². The topological polar surface area (TPSA) is 289 Å². The van der Waals surface area contributed by atoms with Gasteiger partial charge in [-0.3, -0.25) is 19.8 Å². The van der Waals surface area contributed by atoms with Gasteiger partial charge in [0.05, 0.1) is 17.7 Å². The molecule has 6 aromatic heterocycles. The summed E-state index contributed by atoms with van der Waals surface area (Å²) in [7, 11) is 0. The third-order valence-corrected chi connectivity index (χ3v) is 12.4. The predicted molar refractivity (Wildman–Crippen MR) is 288 cm³/mol. The fourth-order valence-corrected chi connectivity index (χ4v) is 8.66. The monoisotopic (exact) mass is 1120 g/mol. The quantitative estimate of drug-likeness (QED) is 0.0418. The van der Waals surface area contributed by atoms with Crippen LogP contribution in [0, 0.1) is 4.91 Å². The average Bonchev–Trinajstić information content (AvgIpc) is 4.26. The summed E-state index contributed by atoms with van der Waals surface area (Å²) in [6.45, 7) is 7.30. The zero-order valence-electron chi connectivity index (χ0n) is 43.4. The number of H-pyrrole nitrogens is 2. The fourth-order valence-electron chi connectivity index (χ4n) is 8.66. The molecule has 8 heterocycles. The molecule has 22 nitrogen and oxygen atoms in total. The van der Waals surface area contributed by atoms with Gasteiger partial charge in [-0.05, 0) is 112 Å². The molecule has 28 heteroatoms. The highest BCUT2D eigenvalue weighted by Crippen LogP contribution is 2.38. The summed E-state index contributed by atoms with van der Waals surface area (Å²) in [5, 5.41) is 29.2. The molecule has 4 amide bonds. The lowest BCUT2D eigenvalue weighted by molar-refractivity contribution is -0.138. The van der Waals surface area contributed by atoms with E-state index in [1.54, 1.807) is 55.7 Å². The van der Waals surface area contributed by atoms with Gasteiger partial charge >= 0.3 is 18.4 Å². The van der Waals surface area contributed by atoms with E-state index in [0.717, 1.165) is 80.8 Å². The smallest absolute Gasteiger partial charge is 0.416 e. The standard InChI is InChI=1S/C27H27F3N8O3.C24H22F3N7O2.C2H5NO/c1-2-31-26(40)34-18-4-3-13-38(15-18)24-22-20(10-12-33-23(22)36-37-24)41-19-7-5-16(6-8-19)25(39)35-21-14-17(9-11-32-21)27(28,29)30;25-24(26,27)15-7-9-29-19(12-15)31-23(35)14-3-5-17(6-4-14)36-18-8-10-30-21-20(18)22(33-32-21)34-11-1-2-16(28)13-34;1-2-3-4/h5-12,14,18H,2-4,13,15H2,1H3,(H2,31,34,40)(H,32,35,39)(H,33,36,37);3-10,12,16H,1-2,11,13,28H2,(H,29,31,35)(H,30,32,33);2H2,1H3/t18-;16-;/m11./s1. The molecule has 2 aromatic carbocycles. The van der Waals surface area contributed by atoms with Crippen molar-refractivity contribution in [3.05, 3.63) is 137 Å². The second kappa shape index (κ2) is 26.0. The van der Waals surface area contributed by atoms with Crippen LogP contribution in [0.4, 0.5) is 54.4 Å². The number of carbonyl (C=O) groups excluding carboxylic acids is 3. The number of nitroso groups, excluding NO2 is 1. The molecule has 0 saturated carbocycles. The summed E-state index contributed by atoms with van der Waals surface area (Å²) in [6.07, 6.45) is -0.282. The minimum Gasteiger partial charge on any atom is -0.456 e. The molecule has 8 N–H and O–H groups in total. The first-order valence-corrected chi connectivity index (χ1v) is 25.4. The lowest BCUT2D eigenvalue weighted by Crippen LogP contribution is -2.50. The SMILES string of the molecule is CCN=O.CCNC(=O)N[C@@H]1CCCN(c2n[nH]c3nccc(Oc4ccc(C(=O)Nc5cc(C(F)(F)F)ccn5)cc4)c23)C1.N[C@@H]1CCCN(c2n[nH]c3nccc(Oc4ccc(C(=O)Nc5cc(C(F)(F)F)ccn5)cc4)c23)C1. The Bertz CT molecular complexity index is 3450. The van der Waals surface area contributed by atoms with Gasteiger partial charge in [-0.15, -0.1) is 0 Å². The number of carbonyl (C=O) groups is 3. The van der Waals surface area contributed by atoms with Gasteiger partial charge in [-0.1, -0.05) is 5.18 Å². The van der Waals surface area contributed by atoms with Crippen molar-refractivity contribution >= 4 is 63.2 Å². The third-order valence-electron chi connectivity index (χ3n) is 12.4. The maximum absolute atomic E-state index is 13.0. The third kappa shape index (κ3) is 15.0. The minimum atomic E-state index is -4.55. The minimum absolute atomic E-state index is 0.0482. The molecule has 2 atom stereocenters. The number of anilines is 4. The number of benzene rings is 2. The van der Waals surface area contributed by atoms with Crippen LogP contribution >= 0.6 is 0 Å². The number of fused-ring (bicyclic) bond motifs is 2. The first-order chi connectivity index (χ1) is 38.9. The van der Waals surface area contributed by atoms with Crippen LogP contribution in [0.2, 0.25) is 0 Å². The maximum Gasteiger partial charge on any atom is 0.416 e. The molecular formula is C53H54F6N16O6. The first kappa shape index (κ1) is 57.7.